The first-order chi connectivity index (χ1) is 22.7. The zero-order valence-electron chi connectivity index (χ0n) is 25.2. The summed E-state index contributed by atoms with van der Waals surface area (Å²) in [4.78, 5) is 0. The number of hydrogen-bond acceptors (Lipinski definition) is 1. The van der Waals surface area contributed by atoms with Crippen molar-refractivity contribution in [3.8, 4) is 22.5 Å². The molecule has 46 heavy (non-hydrogen) atoms. The van der Waals surface area contributed by atoms with Crippen LogP contribution in [0.4, 0.5) is 0 Å². The average Bonchev–Trinajstić information content (AvgIpc) is 3.76. The van der Waals surface area contributed by atoms with Gasteiger partial charge in [-0.3, -0.25) is 0 Å². The molecule has 0 bridgehead atoms. The van der Waals surface area contributed by atoms with E-state index in [1.165, 1.54) is 54.5 Å². The largest absolute Gasteiger partial charge is 0.455 e. The molecule has 7 aromatic carbocycles. The molecule has 0 amide bonds. The Bertz CT molecular complexity index is 2800. The minimum Gasteiger partial charge on any atom is -0.455 e. The van der Waals surface area contributed by atoms with Crippen molar-refractivity contribution in [2.24, 2.45) is 0 Å². The normalized spacial score (nSPS) is 12.1. The van der Waals surface area contributed by atoms with Crippen LogP contribution in [0.15, 0.2) is 156 Å². The average molecular weight is 605 g/mol. The molecule has 0 fully saturated rings. The van der Waals surface area contributed by atoms with E-state index in [4.69, 9.17) is 4.42 Å². The lowest BCUT2D eigenvalue weighted by molar-refractivity contribution is 0.670. The number of furan rings is 1. The predicted octanol–water partition coefficient (Wildman–Crippen LogP) is 9.44. The van der Waals surface area contributed by atoms with Crippen molar-refractivity contribution in [1.82, 2.24) is 9.13 Å². The summed E-state index contributed by atoms with van der Waals surface area (Å²) < 4.78 is 11.2. The molecule has 0 saturated carbocycles. The molecular formula is C42H28N2OSi. The van der Waals surface area contributed by atoms with Crippen molar-refractivity contribution in [3.63, 3.8) is 0 Å². The zero-order valence-corrected chi connectivity index (χ0v) is 27.2. The van der Waals surface area contributed by atoms with Gasteiger partial charge in [0.2, 0.25) is 0 Å². The van der Waals surface area contributed by atoms with Gasteiger partial charge in [0.1, 0.15) is 11.2 Å². The number of nitrogens with zero attached hydrogens (tertiary/aromatic N) is 2. The summed E-state index contributed by atoms with van der Waals surface area (Å²) >= 11 is 0. The third-order valence-electron chi connectivity index (χ3n) is 9.60. The molecule has 0 aliphatic carbocycles. The smallest absolute Gasteiger partial charge is 0.143 e. The maximum absolute atomic E-state index is 6.37. The second-order valence-corrected chi connectivity index (χ2v) is 13.4. The zero-order chi connectivity index (χ0) is 30.4. The Morgan fingerprint density at radius 1 is 0.413 bits per heavy atom. The number of hydrogen-bond donors (Lipinski definition) is 0. The molecule has 216 valence electrons. The van der Waals surface area contributed by atoms with E-state index in [1.807, 2.05) is 12.1 Å². The van der Waals surface area contributed by atoms with Crippen LogP contribution in [0.2, 0.25) is 0 Å². The maximum Gasteiger partial charge on any atom is 0.143 e. The quantitative estimate of drug-likeness (QED) is 0.184. The first-order valence-corrected chi connectivity index (χ1v) is 16.8. The fraction of sp³-hybridized carbons (Fsp3) is 0. The number of benzene rings is 7. The number of aromatic nitrogens is 2. The van der Waals surface area contributed by atoms with Crippen LogP contribution in [0.25, 0.3) is 88.1 Å². The highest BCUT2D eigenvalue weighted by molar-refractivity contribution is 6.32. The van der Waals surface area contributed by atoms with Gasteiger partial charge >= 0.3 is 0 Å². The lowest BCUT2D eigenvalue weighted by Crippen LogP contribution is -2.02. The van der Waals surface area contributed by atoms with Crippen molar-refractivity contribution in [2.45, 2.75) is 0 Å². The lowest BCUT2D eigenvalue weighted by Gasteiger charge is -2.10. The molecule has 0 unspecified atom stereocenters. The van der Waals surface area contributed by atoms with Crippen LogP contribution in [0.1, 0.15) is 0 Å². The Kier molecular flexibility index (Phi) is 5.30. The van der Waals surface area contributed by atoms with Crippen LogP contribution in [0, 0.1) is 0 Å². The fourth-order valence-corrected chi connectivity index (χ4v) is 7.87. The molecule has 10 rings (SSSR count). The minimum atomic E-state index is 0.920. The van der Waals surface area contributed by atoms with Crippen molar-refractivity contribution >= 4 is 81.0 Å². The van der Waals surface area contributed by atoms with Gasteiger partial charge in [-0.05, 0) is 60.2 Å². The molecule has 10 aromatic rings. The van der Waals surface area contributed by atoms with Gasteiger partial charge < -0.3 is 13.6 Å². The third kappa shape index (κ3) is 3.53. The molecule has 0 spiro atoms. The van der Waals surface area contributed by atoms with E-state index in [2.05, 4.69) is 149 Å². The first-order valence-electron chi connectivity index (χ1n) is 15.8. The highest BCUT2D eigenvalue weighted by Gasteiger charge is 2.20. The molecule has 3 aromatic heterocycles. The second-order valence-electron chi connectivity index (χ2n) is 12.2. The van der Waals surface area contributed by atoms with Gasteiger partial charge in [0, 0.05) is 59.5 Å². The minimum absolute atomic E-state index is 0.920. The van der Waals surface area contributed by atoms with Crippen LogP contribution in [-0.4, -0.2) is 19.4 Å². The highest BCUT2D eigenvalue weighted by atomic mass is 28.1. The maximum atomic E-state index is 6.37. The third-order valence-corrected chi connectivity index (χ3v) is 10.3. The summed E-state index contributed by atoms with van der Waals surface area (Å²) in [6, 6.07) is 54.9. The molecule has 0 atom stereocenters. The topological polar surface area (TPSA) is 23.0 Å². The Morgan fingerprint density at radius 3 is 1.57 bits per heavy atom. The number of para-hydroxylation sites is 4. The summed E-state index contributed by atoms with van der Waals surface area (Å²) in [6.45, 7) is 0. The predicted molar refractivity (Wildman–Crippen MR) is 197 cm³/mol. The van der Waals surface area contributed by atoms with Gasteiger partial charge in [-0.15, -0.1) is 0 Å². The van der Waals surface area contributed by atoms with Crippen LogP contribution >= 0.6 is 0 Å². The molecule has 0 radical (unpaired) electrons. The van der Waals surface area contributed by atoms with E-state index in [1.54, 1.807) is 0 Å². The highest BCUT2D eigenvalue weighted by Crippen LogP contribution is 2.42. The summed E-state index contributed by atoms with van der Waals surface area (Å²) in [5, 5.41) is 8.82. The Morgan fingerprint density at radius 2 is 0.935 bits per heavy atom. The Balaban J connectivity index is 1.21. The van der Waals surface area contributed by atoms with Crippen LogP contribution in [0.3, 0.4) is 0 Å². The van der Waals surface area contributed by atoms with E-state index in [9.17, 15) is 0 Å². The Hall–Kier alpha value is -5.84. The second kappa shape index (κ2) is 9.58. The SMILES string of the molecule is [SiH3]c1ccc(-n2c3ccccc3c3c4c5ccccc5n(-c5ccc(-c6cccc7c6oc6ccccc67)cc5)c4ccc32)cc1. The van der Waals surface area contributed by atoms with Crippen molar-refractivity contribution in [2.75, 3.05) is 0 Å². The molecule has 0 aliphatic heterocycles. The van der Waals surface area contributed by atoms with Crippen LogP contribution in [0.5, 0.6) is 0 Å². The summed E-state index contributed by atoms with van der Waals surface area (Å²) in [5.41, 5.74) is 11.3. The van der Waals surface area contributed by atoms with Gasteiger partial charge in [0.15, 0.2) is 0 Å². The monoisotopic (exact) mass is 604 g/mol. The van der Waals surface area contributed by atoms with E-state index in [-0.39, 0.29) is 0 Å². The molecule has 0 N–H and O–H groups in total. The lowest BCUT2D eigenvalue weighted by atomic mass is 10.0. The molecule has 4 heteroatoms. The van der Waals surface area contributed by atoms with Gasteiger partial charge in [-0.1, -0.05) is 102 Å². The van der Waals surface area contributed by atoms with E-state index in [0.717, 1.165) is 49.0 Å². The van der Waals surface area contributed by atoms with E-state index in [0.29, 0.717) is 0 Å². The van der Waals surface area contributed by atoms with E-state index < -0.39 is 0 Å². The number of fused-ring (bicyclic) bond motifs is 10. The van der Waals surface area contributed by atoms with Crippen LogP contribution < -0.4 is 5.19 Å². The van der Waals surface area contributed by atoms with Gasteiger partial charge in [0.05, 0.1) is 22.1 Å². The standard InChI is InChI=1S/C42H28N2OSi/c46-29-22-20-28(21-23-29)44-36-14-5-2-10-34(36)41-38(44)25-24-37-40(41)33-9-1-4-13-35(33)43(37)27-18-16-26(17-19-27)30-11-7-12-32-31-8-3-6-15-39(31)45-42(30)32/h1-25H,46H3. The van der Waals surface area contributed by atoms with Gasteiger partial charge in [-0.25, -0.2) is 0 Å². The molecule has 3 nitrogen and oxygen atoms in total. The summed E-state index contributed by atoms with van der Waals surface area (Å²) in [5.74, 6) is 0. The fourth-order valence-electron chi connectivity index (χ4n) is 7.53. The molecule has 0 saturated heterocycles. The van der Waals surface area contributed by atoms with Crippen molar-refractivity contribution in [1.29, 1.82) is 0 Å². The summed E-state index contributed by atoms with van der Waals surface area (Å²) in [7, 11) is 1.05. The number of rotatable bonds is 3. The van der Waals surface area contributed by atoms with Gasteiger partial charge in [-0.2, -0.15) is 0 Å². The van der Waals surface area contributed by atoms with Crippen molar-refractivity contribution < 1.29 is 4.42 Å². The molecular weight excluding hydrogens is 577 g/mol. The summed E-state index contributed by atoms with van der Waals surface area (Å²) in [6.07, 6.45) is 0. The van der Waals surface area contributed by atoms with Crippen LogP contribution in [-0.2, 0) is 0 Å². The van der Waals surface area contributed by atoms with E-state index >= 15 is 0 Å². The Labute approximate surface area is 267 Å². The molecule has 3 heterocycles. The van der Waals surface area contributed by atoms with Crippen molar-refractivity contribution in [3.05, 3.63) is 152 Å². The molecule has 0 aliphatic rings. The van der Waals surface area contributed by atoms with Gasteiger partial charge in [0.25, 0.3) is 0 Å². The first kappa shape index (κ1) is 25.5.